The first-order chi connectivity index (χ1) is 13.6. The third kappa shape index (κ3) is 3.76. The summed E-state index contributed by atoms with van der Waals surface area (Å²) in [4.78, 5) is 40.1. The van der Waals surface area contributed by atoms with E-state index >= 15 is 0 Å². The number of hydrogen-bond acceptors (Lipinski definition) is 3. The molecule has 2 aliphatic rings. The van der Waals surface area contributed by atoms with Crippen LogP contribution in [0.3, 0.4) is 0 Å². The lowest BCUT2D eigenvalue weighted by Gasteiger charge is -2.17. The number of rotatable bonds is 5. The van der Waals surface area contributed by atoms with Gasteiger partial charge in [-0.25, -0.2) is 0 Å². The third-order valence-corrected chi connectivity index (χ3v) is 5.35. The van der Waals surface area contributed by atoms with Gasteiger partial charge in [0.1, 0.15) is 0 Å². The van der Waals surface area contributed by atoms with Crippen LogP contribution in [0.25, 0.3) is 0 Å². The van der Waals surface area contributed by atoms with Crippen LogP contribution in [0.2, 0.25) is 0 Å². The molecule has 28 heavy (non-hydrogen) atoms. The Morgan fingerprint density at radius 3 is 2.32 bits per heavy atom. The highest BCUT2D eigenvalue weighted by Crippen LogP contribution is 2.25. The van der Waals surface area contributed by atoms with Crippen LogP contribution in [0.1, 0.15) is 24.8 Å². The maximum atomic E-state index is 12.5. The van der Waals surface area contributed by atoms with Gasteiger partial charge in [0.2, 0.25) is 17.7 Å². The first kappa shape index (κ1) is 18.2. The predicted octanol–water partition coefficient (Wildman–Crippen LogP) is 2.48. The molecule has 2 saturated heterocycles. The number of nitrogens with zero attached hydrogens (tertiary/aromatic N) is 2. The van der Waals surface area contributed by atoms with Crippen molar-refractivity contribution in [3.63, 3.8) is 0 Å². The van der Waals surface area contributed by atoms with Crippen molar-refractivity contribution in [2.75, 3.05) is 22.9 Å². The standard InChI is InChI=1S/C22H23N3O3/c26-20-7-4-12-24(20)19-10-8-16(9-11-19)14-23-22(28)17-13-21(27)25(15-17)18-5-2-1-3-6-18/h1-3,5-6,8-11,17H,4,7,12-15H2,(H,23,28). The van der Waals surface area contributed by atoms with E-state index in [0.717, 1.165) is 29.9 Å². The van der Waals surface area contributed by atoms with Crippen LogP contribution in [0.4, 0.5) is 11.4 Å². The Morgan fingerprint density at radius 1 is 0.929 bits per heavy atom. The second kappa shape index (κ2) is 7.84. The molecule has 0 saturated carbocycles. The number of amides is 3. The maximum Gasteiger partial charge on any atom is 0.227 e. The molecule has 0 spiro atoms. The molecule has 2 heterocycles. The average Bonchev–Trinajstić information content (AvgIpc) is 3.33. The summed E-state index contributed by atoms with van der Waals surface area (Å²) in [6.45, 7) is 1.58. The van der Waals surface area contributed by atoms with Crippen molar-refractivity contribution >= 4 is 29.1 Å². The van der Waals surface area contributed by atoms with Crippen molar-refractivity contribution < 1.29 is 14.4 Å². The lowest BCUT2D eigenvalue weighted by molar-refractivity contribution is -0.126. The molecule has 6 nitrogen and oxygen atoms in total. The minimum atomic E-state index is -0.339. The minimum Gasteiger partial charge on any atom is -0.352 e. The maximum absolute atomic E-state index is 12.5. The lowest BCUT2D eigenvalue weighted by Crippen LogP contribution is -2.32. The second-order valence-electron chi connectivity index (χ2n) is 7.27. The zero-order valence-electron chi connectivity index (χ0n) is 15.6. The molecule has 6 heteroatoms. The Balaban J connectivity index is 1.32. The van der Waals surface area contributed by atoms with Gasteiger partial charge in [0.25, 0.3) is 0 Å². The largest absolute Gasteiger partial charge is 0.352 e. The van der Waals surface area contributed by atoms with Gasteiger partial charge in [-0.2, -0.15) is 0 Å². The van der Waals surface area contributed by atoms with E-state index in [1.165, 1.54) is 0 Å². The molecule has 0 aliphatic carbocycles. The first-order valence-corrected chi connectivity index (χ1v) is 9.64. The molecule has 1 N–H and O–H groups in total. The molecular formula is C22H23N3O3. The van der Waals surface area contributed by atoms with Crippen LogP contribution >= 0.6 is 0 Å². The molecule has 4 rings (SSSR count). The Kier molecular flexibility index (Phi) is 5.10. The topological polar surface area (TPSA) is 69.7 Å². The van der Waals surface area contributed by atoms with Crippen molar-refractivity contribution in [3.05, 3.63) is 60.2 Å². The minimum absolute atomic E-state index is 0.0222. The number of carbonyl (C=O) groups is 3. The predicted molar refractivity (Wildman–Crippen MR) is 107 cm³/mol. The molecule has 2 aromatic rings. The third-order valence-electron chi connectivity index (χ3n) is 5.35. The summed E-state index contributed by atoms with van der Waals surface area (Å²) in [5.41, 5.74) is 2.69. The van der Waals surface area contributed by atoms with Crippen LogP contribution in [0.15, 0.2) is 54.6 Å². The Labute approximate surface area is 164 Å². The van der Waals surface area contributed by atoms with E-state index in [1.807, 2.05) is 54.6 Å². The van der Waals surface area contributed by atoms with E-state index in [-0.39, 0.29) is 30.1 Å². The lowest BCUT2D eigenvalue weighted by atomic mass is 10.1. The molecule has 2 aromatic carbocycles. The monoisotopic (exact) mass is 377 g/mol. The molecule has 1 atom stereocenters. The first-order valence-electron chi connectivity index (χ1n) is 9.64. The number of hydrogen-bond donors (Lipinski definition) is 1. The highest BCUT2D eigenvalue weighted by atomic mass is 16.2. The van der Waals surface area contributed by atoms with Crippen molar-refractivity contribution in [1.29, 1.82) is 0 Å². The van der Waals surface area contributed by atoms with E-state index < -0.39 is 0 Å². The number of nitrogens with one attached hydrogen (secondary N) is 1. The molecule has 0 aromatic heterocycles. The number of carbonyl (C=O) groups excluding carboxylic acids is 3. The number of benzene rings is 2. The van der Waals surface area contributed by atoms with Crippen LogP contribution in [0.5, 0.6) is 0 Å². The van der Waals surface area contributed by atoms with Crippen LogP contribution in [0, 0.1) is 5.92 Å². The highest BCUT2D eigenvalue weighted by Gasteiger charge is 2.34. The van der Waals surface area contributed by atoms with Crippen LogP contribution in [-0.2, 0) is 20.9 Å². The summed E-state index contributed by atoms with van der Waals surface area (Å²) in [6, 6.07) is 17.1. The average molecular weight is 377 g/mol. The summed E-state index contributed by atoms with van der Waals surface area (Å²) >= 11 is 0. The van der Waals surface area contributed by atoms with Gasteiger partial charge in [0.05, 0.1) is 5.92 Å². The molecule has 3 amide bonds. The molecule has 2 aliphatic heterocycles. The normalized spacial score (nSPS) is 19.4. The SMILES string of the molecule is O=C(NCc1ccc(N2CCCC2=O)cc1)C1CC(=O)N(c2ccccc2)C1. The van der Waals surface area contributed by atoms with Gasteiger partial charge in [-0.1, -0.05) is 30.3 Å². The van der Waals surface area contributed by atoms with E-state index in [9.17, 15) is 14.4 Å². The van der Waals surface area contributed by atoms with Gasteiger partial charge in [0, 0.05) is 43.9 Å². The second-order valence-corrected chi connectivity index (χ2v) is 7.27. The van der Waals surface area contributed by atoms with E-state index in [2.05, 4.69) is 5.32 Å². The smallest absolute Gasteiger partial charge is 0.227 e. The summed E-state index contributed by atoms with van der Waals surface area (Å²) in [5, 5.41) is 2.93. The van der Waals surface area contributed by atoms with Crippen molar-refractivity contribution in [3.8, 4) is 0 Å². The van der Waals surface area contributed by atoms with E-state index in [1.54, 1.807) is 9.80 Å². The molecule has 1 unspecified atom stereocenters. The zero-order chi connectivity index (χ0) is 19.5. The molecule has 0 radical (unpaired) electrons. The fourth-order valence-electron chi connectivity index (χ4n) is 3.79. The molecule has 144 valence electrons. The highest BCUT2D eigenvalue weighted by molar-refractivity contribution is 6.00. The van der Waals surface area contributed by atoms with E-state index in [4.69, 9.17) is 0 Å². The summed E-state index contributed by atoms with van der Waals surface area (Å²) in [6.07, 6.45) is 1.74. The molecule has 2 fully saturated rings. The summed E-state index contributed by atoms with van der Waals surface area (Å²) in [7, 11) is 0. The number of para-hydroxylation sites is 1. The fraction of sp³-hybridized carbons (Fsp3) is 0.318. The van der Waals surface area contributed by atoms with Gasteiger partial charge < -0.3 is 15.1 Å². The van der Waals surface area contributed by atoms with Crippen molar-refractivity contribution in [2.24, 2.45) is 5.92 Å². The van der Waals surface area contributed by atoms with Crippen LogP contribution in [-0.4, -0.2) is 30.8 Å². The van der Waals surface area contributed by atoms with E-state index in [0.29, 0.717) is 19.5 Å². The van der Waals surface area contributed by atoms with Gasteiger partial charge in [0.15, 0.2) is 0 Å². The Hall–Kier alpha value is -3.15. The Morgan fingerprint density at radius 2 is 1.64 bits per heavy atom. The van der Waals surface area contributed by atoms with Crippen molar-refractivity contribution in [2.45, 2.75) is 25.8 Å². The van der Waals surface area contributed by atoms with Gasteiger partial charge in [-0.05, 0) is 36.2 Å². The van der Waals surface area contributed by atoms with Crippen LogP contribution < -0.4 is 15.1 Å². The number of anilines is 2. The van der Waals surface area contributed by atoms with Gasteiger partial charge in [-0.15, -0.1) is 0 Å². The zero-order valence-corrected chi connectivity index (χ0v) is 15.6. The van der Waals surface area contributed by atoms with Gasteiger partial charge in [-0.3, -0.25) is 14.4 Å². The summed E-state index contributed by atoms with van der Waals surface area (Å²) < 4.78 is 0. The quantitative estimate of drug-likeness (QED) is 0.870. The Bertz CT molecular complexity index is 880. The fourth-order valence-corrected chi connectivity index (χ4v) is 3.79. The van der Waals surface area contributed by atoms with Gasteiger partial charge >= 0.3 is 0 Å². The van der Waals surface area contributed by atoms with Crippen molar-refractivity contribution in [1.82, 2.24) is 5.32 Å². The molecular weight excluding hydrogens is 354 g/mol. The molecule has 0 bridgehead atoms. The summed E-state index contributed by atoms with van der Waals surface area (Å²) in [5.74, 6) is -0.305.